The topological polar surface area (TPSA) is 68.3 Å². The molecule has 158 valence electrons. The van der Waals surface area contributed by atoms with Crippen molar-refractivity contribution < 1.29 is 9.21 Å². The second kappa shape index (κ2) is 7.98. The molecular weight excluding hydrogens is 434 g/mol. The zero-order valence-corrected chi connectivity index (χ0v) is 18.5. The Bertz CT molecular complexity index is 1340. The number of benzene rings is 1. The first-order valence-electron chi connectivity index (χ1n) is 10.1. The number of halogens is 1. The minimum Gasteiger partial charge on any atom is -0.459 e. The third-order valence-electron chi connectivity index (χ3n) is 5.61. The van der Waals surface area contributed by atoms with Gasteiger partial charge in [0.25, 0.3) is 5.56 Å². The van der Waals surface area contributed by atoms with Gasteiger partial charge in [-0.3, -0.25) is 14.2 Å². The molecule has 1 aromatic carbocycles. The van der Waals surface area contributed by atoms with Gasteiger partial charge >= 0.3 is 0 Å². The predicted molar refractivity (Wildman–Crippen MR) is 122 cm³/mol. The van der Waals surface area contributed by atoms with Crippen molar-refractivity contribution in [3.05, 3.63) is 74.3 Å². The number of hydrogen-bond donors (Lipinski definition) is 0. The Kier molecular flexibility index (Phi) is 5.16. The summed E-state index contributed by atoms with van der Waals surface area (Å²) in [6, 6.07) is 11.1. The molecule has 6 nitrogen and oxygen atoms in total. The fraction of sp³-hybridized carbons (Fsp3) is 0.261. The van der Waals surface area contributed by atoms with E-state index < -0.39 is 0 Å². The molecule has 31 heavy (non-hydrogen) atoms. The molecular formula is C23H20ClN3O3S. The Labute approximate surface area is 187 Å². The van der Waals surface area contributed by atoms with Gasteiger partial charge in [0.2, 0.25) is 5.91 Å². The summed E-state index contributed by atoms with van der Waals surface area (Å²) in [6.45, 7) is 0.262. The van der Waals surface area contributed by atoms with E-state index in [1.165, 1.54) is 15.8 Å². The standard InChI is InChI=1S/C23H20ClN3O3S/c1-26(11-16-9-10-18(30-16)14-5-7-15(24)8-6-14)20(28)12-27-13-25-22-21(23(27)29)17-3-2-4-19(17)31-22/h5-10,13H,2-4,11-12H2,1H3. The third kappa shape index (κ3) is 3.79. The molecule has 0 radical (unpaired) electrons. The van der Waals surface area contributed by atoms with Crippen molar-refractivity contribution in [1.29, 1.82) is 0 Å². The number of fused-ring (bicyclic) bond motifs is 3. The lowest BCUT2D eigenvalue weighted by Crippen LogP contribution is -2.33. The van der Waals surface area contributed by atoms with Gasteiger partial charge in [0, 0.05) is 22.5 Å². The highest BCUT2D eigenvalue weighted by Crippen LogP contribution is 2.34. The van der Waals surface area contributed by atoms with E-state index in [1.54, 1.807) is 35.4 Å². The molecule has 1 aliphatic carbocycles. The quantitative estimate of drug-likeness (QED) is 0.445. The Morgan fingerprint density at radius 1 is 1.23 bits per heavy atom. The summed E-state index contributed by atoms with van der Waals surface area (Å²) >= 11 is 7.53. The van der Waals surface area contributed by atoms with E-state index in [0.29, 0.717) is 28.5 Å². The SMILES string of the molecule is CN(Cc1ccc(-c2ccc(Cl)cc2)o1)C(=O)Cn1cnc2sc3c(c2c1=O)CCC3. The van der Waals surface area contributed by atoms with E-state index >= 15 is 0 Å². The summed E-state index contributed by atoms with van der Waals surface area (Å²) in [5.74, 6) is 1.20. The van der Waals surface area contributed by atoms with E-state index in [4.69, 9.17) is 16.0 Å². The van der Waals surface area contributed by atoms with Gasteiger partial charge in [-0.05, 0) is 61.2 Å². The van der Waals surface area contributed by atoms with Gasteiger partial charge in [-0.2, -0.15) is 0 Å². The highest BCUT2D eigenvalue weighted by molar-refractivity contribution is 7.18. The van der Waals surface area contributed by atoms with Crippen molar-refractivity contribution in [2.24, 2.45) is 0 Å². The van der Waals surface area contributed by atoms with Crippen LogP contribution in [0.4, 0.5) is 0 Å². The number of likely N-dealkylation sites (N-methyl/N-ethyl adjacent to an activating group) is 1. The van der Waals surface area contributed by atoms with Crippen LogP contribution in [0.25, 0.3) is 21.5 Å². The molecule has 1 amide bonds. The molecule has 0 atom stereocenters. The summed E-state index contributed by atoms with van der Waals surface area (Å²) < 4.78 is 7.30. The first kappa shape index (κ1) is 20.0. The van der Waals surface area contributed by atoms with E-state index in [9.17, 15) is 9.59 Å². The second-order valence-electron chi connectivity index (χ2n) is 7.74. The van der Waals surface area contributed by atoms with Crippen LogP contribution in [0.1, 0.15) is 22.6 Å². The largest absolute Gasteiger partial charge is 0.459 e. The normalized spacial score (nSPS) is 13.0. The van der Waals surface area contributed by atoms with Crippen LogP contribution in [0, 0.1) is 0 Å². The van der Waals surface area contributed by atoms with Crippen molar-refractivity contribution in [3.8, 4) is 11.3 Å². The van der Waals surface area contributed by atoms with E-state index in [1.807, 2.05) is 24.3 Å². The molecule has 0 spiro atoms. The lowest BCUT2D eigenvalue weighted by Gasteiger charge is -2.16. The highest BCUT2D eigenvalue weighted by Gasteiger charge is 2.22. The van der Waals surface area contributed by atoms with Crippen LogP contribution in [0.2, 0.25) is 5.02 Å². The summed E-state index contributed by atoms with van der Waals surface area (Å²) in [7, 11) is 1.70. The second-order valence-corrected chi connectivity index (χ2v) is 9.26. The van der Waals surface area contributed by atoms with Gasteiger partial charge in [0.15, 0.2) is 0 Å². The molecule has 0 saturated carbocycles. The molecule has 5 rings (SSSR count). The molecule has 3 heterocycles. The number of thiophene rings is 1. The number of hydrogen-bond acceptors (Lipinski definition) is 5. The number of furan rings is 1. The monoisotopic (exact) mass is 453 g/mol. The van der Waals surface area contributed by atoms with Gasteiger partial charge in [-0.15, -0.1) is 11.3 Å². The third-order valence-corrected chi connectivity index (χ3v) is 7.06. The van der Waals surface area contributed by atoms with Crippen LogP contribution in [0.3, 0.4) is 0 Å². The minimum absolute atomic E-state index is 0.0480. The molecule has 0 saturated heterocycles. The lowest BCUT2D eigenvalue weighted by molar-refractivity contribution is -0.131. The number of nitrogens with zero attached hydrogens (tertiary/aromatic N) is 3. The number of carbonyl (C=O) groups excluding carboxylic acids is 1. The number of aryl methyl sites for hydroxylation is 2. The average molecular weight is 454 g/mol. The zero-order valence-electron chi connectivity index (χ0n) is 16.9. The number of amides is 1. The van der Waals surface area contributed by atoms with Crippen LogP contribution >= 0.6 is 22.9 Å². The molecule has 3 aromatic heterocycles. The molecule has 8 heteroatoms. The molecule has 1 aliphatic rings. The van der Waals surface area contributed by atoms with Crippen molar-refractivity contribution in [2.75, 3.05) is 7.05 Å². The van der Waals surface area contributed by atoms with Gasteiger partial charge in [-0.25, -0.2) is 4.98 Å². The minimum atomic E-state index is -0.181. The van der Waals surface area contributed by atoms with Gasteiger partial charge in [0.05, 0.1) is 18.3 Å². The van der Waals surface area contributed by atoms with Crippen molar-refractivity contribution in [1.82, 2.24) is 14.5 Å². The Morgan fingerprint density at radius 2 is 2.03 bits per heavy atom. The summed E-state index contributed by atoms with van der Waals surface area (Å²) in [6.07, 6.45) is 4.49. The molecule has 0 bridgehead atoms. The first-order valence-corrected chi connectivity index (χ1v) is 11.3. The van der Waals surface area contributed by atoms with Crippen molar-refractivity contribution in [2.45, 2.75) is 32.4 Å². The molecule has 0 unspecified atom stereocenters. The maximum absolute atomic E-state index is 13.0. The molecule has 0 fully saturated rings. The lowest BCUT2D eigenvalue weighted by atomic mass is 10.2. The molecule has 4 aromatic rings. The predicted octanol–water partition coefficient (Wildman–Crippen LogP) is 4.52. The maximum Gasteiger partial charge on any atom is 0.262 e. The van der Waals surface area contributed by atoms with Crippen molar-refractivity contribution >= 4 is 39.1 Å². The van der Waals surface area contributed by atoms with E-state index in [-0.39, 0.29) is 18.0 Å². The van der Waals surface area contributed by atoms with Crippen LogP contribution < -0.4 is 5.56 Å². The zero-order chi connectivity index (χ0) is 21.5. The summed E-state index contributed by atoms with van der Waals surface area (Å²) in [5.41, 5.74) is 1.91. The van der Waals surface area contributed by atoms with Crippen LogP contribution in [-0.4, -0.2) is 27.4 Å². The maximum atomic E-state index is 13.0. The molecule has 0 aliphatic heterocycles. The van der Waals surface area contributed by atoms with Crippen LogP contribution in [-0.2, 0) is 30.7 Å². The summed E-state index contributed by atoms with van der Waals surface area (Å²) in [4.78, 5) is 33.8. The Morgan fingerprint density at radius 3 is 2.84 bits per heavy atom. The van der Waals surface area contributed by atoms with Crippen LogP contribution in [0.15, 0.2) is 51.9 Å². The molecule has 0 N–H and O–H groups in total. The highest BCUT2D eigenvalue weighted by atomic mass is 35.5. The Hall–Kier alpha value is -2.90. The smallest absolute Gasteiger partial charge is 0.262 e. The average Bonchev–Trinajstić information content (AvgIpc) is 3.46. The number of rotatable bonds is 5. The fourth-order valence-corrected chi connectivity index (χ4v) is 5.30. The van der Waals surface area contributed by atoms with Gasteiger partial charge in [0.1, 0.15) is 22.9 Å². The van der Waals surface area contributed by atoms with Crippen molar-refractivity contribution in [3.63, 3.8) is 0 Å². The Balaban J connectivity index is 1.30. The summed E-state index contributed by atoms with van der Waals surface area (Å²) in [5, 5.41) is 1.35. The van der Waals surface area contributed by atoms with Crippen LogP contribution in [0.5, 0.6) is 0 Å². The van der Waals surface area contributed by atoms with Gasteiger partial charge < -0.3 is 9.32 Å². The van der Waals surface area contributed by atoms with E-state index in [2.05, 4.69) is 4.98 Å². The number of carbonyl (C=O) groups is 1. The van der Waals surface area contributed by atoms with Gasteiger partial charge in [-0.1, -0.05) is 11.6 Å². The van der Waals surface area contributed by atoms with E-state index in [0.717, 1.165) is 35.2 Å². The fourth-order valence-electron chi connectivity index (χ4n) is 3.95. The first-order chi connectivity index (χ1) is 15.0. The number of aromatic nitrogens is 2.